The minimum Gasteiger partial charge on any atom is -0.368 e. The van der Waals surface area contributed by atoms with Gasteiger partial charge in [-0.05, 0) is 25.0 Å². The highest BCUT2D eigenvalue weighted by atomic mass is 32.1. The Hall–Kier alpha value is -1.42. The van der Waals surface area contributed by atoms with E-state index in [1.165, 1.54) is 23.5 Å². The molecule has 2 heterocycles. The first kappa shape index (κ1) is 10.7. The lowest BCUT2D eigenvalue weighted by Gasteiger charge is -2.10. The topological polar surface area (TPSA) is 29.0 Å². The van der Waals surface area contributed by atoms with Crippen LogP contribution in [-0.4, -0.2) is 24.1 Å². The summed E-state index contributed by atoms with van der Waals surface area (Å²) < 4.78 is 0. The summed E-state index contributed by atoms with van der Waals surface area (Å²) in [6.45, 7) is 0. The third-order valence-electron chi connectivity index (χ3n) is 2.91. The van der Waals surface area contributed by atoms with Crippen molar-refractivity contribution in [1.82, 2.24) is 9.97 Å². The lowest BCUT2D eigenvalue weighted by atomic mass is 10.3. The molecule has 0 N–H and O–H groups in total. The first-order valence-electron chi connectivity index (χ1n) is 5.84. The van der Waals surface area contributed by atoms with Gasteiger partial charge in [0.25, 0.3) is 0 Å². The zero-order chi connectivity index (χ0) is 11.8. The summed E-state index contributed by atoms with van der Waals surface area (Å²) in [6, 6.07) is 4.03. The zero-order valence-electron chi connectivity index (χ0n) is 10.1. The molecular formula is C13H15N3S. The van der Waals surface area contributed by atoms with Crippen LogP contribution in [0.5, 0.6) is 0 Å². The Bertz CT molecular complexity index is 495. The maximum atomic E-state index is 4.80. The normalized spacial score (nSPS) is 14.9. The van der Waals surface area contributed by atoms with E-state index < -0.39 is 0 Å². The molecule has 17 heavy (non-hydrogen) atoms. The molecule has 0 radical (unpaired) electrons. The highest BCUT2D eigenvalue weighted by Gasteiger charge is 2.30. The van der Waals surface area contributed by atoms with E-state index in [1.54, 1.807) is 17.5 Å². The van der Waals surface area contributed by atoms with Crippen LogP contribution in [-0.2, 0) is 0 Å². The van der Waals surface area contributed by atoms with Crippen molar-refractivity contribution in [2.45, 2.75) is 18.8 Å². The fraction of sp³-hybridized carbons (Fsp3) is 0.385. The van der Waals surface area contributed by atoms with Crippen molar-refractivity contribution in [2.75, 3.05) is 19.0 Å². The van der Waals surface area contributed by atoms with Crippen molar-refractivity contribution in [3.05, 3.63) is 30.2 Å². The highest BCUT2D eigenvalue weighted by molar-refractivity contribution is 7.19. The third-order valence-corrected chi connectivity index (χ3v) is 4.20. The van der Waals surface area contributed by atoms with Crippen molar-refractivity contribution >= 4 is 16.3 Å². The second kappa shape index (κ2) is 4.11. The first-order chi connectivity index (χ1) is 8.25. The van der Waals surface area contributed by atoms with E-state index in [0.717, 1.165) is 10.6 Å². The molecule has 3 rings (SSSR count). The summed E-state index contributed by atoms with van der Waals surface area (Å²) >= 11 is 1.76. The van der Waals surface area contributed by atoms with Gasteiger partial charge in [0, 0.05) is 38.0 Å². The van der Waals surface area contributed by atoms with Crippen LogP contribution < -0.4 is 4.90 Å². The smallest absolute Gasteiger partial charge is 0.127 e. The van der Waals surface area contributed by atoms with Gasteiger partial charge in [0.1, 0.15) is 10.0 Å². The van der Waals surface area contributed by atoms with Crippen LogP contribution in [0.3, 0.4) is 0 Å². The number of hydrogen-bond donors (Lipinski definition) is 0. The van der Waals surface area contributed by atoms with E-state index >= 15 is 0 Å². The molecule has 1 saturated carbocycles. The van der Waals surface area contributed by atoms with Gasteiger partial charge in [0.2, 0.25) is 0 Å². The van der Waals surface area contributed by atoms with Gasteiger partial charge in [-0.2, -0.15) is 0 Å². The summed E-state index contributed by atoms with van der Waals surface area (Å²) in [4.78, 5) is 11.1. The van der Waals surface area contributed by atoms with Gasteiger partial charge in [0.15, 0.2) is 0 Å². The van der Waals surface area contributed by atoms with Gasteiger partial charge in [-0.15, -0.1) is 0 Å². The molecule has 0 atom stereocenters. The fourth-order valence-electron chi connectivity index (χ4n) is 1.88. The average Bonchev–Trinajstić information content (AvgIpc) is 3.09. The van der Waals surface area contributed by atoms with Crippen LogP contribution in [0.15, 0.2) is 24.5 Å². The Balaban J connectivity index is 2.04. The predicted octanol–water partition coefficient (Wildman–Crippen LogP) is 3.15. The van der Waals surface area contributed by atoms with E-state index in [2.05, 4.69) is 30.0 Å². The minimum absolute atomic E-state index is 0.689. The maximum absolute atomic E-state index is 4.80. The van der Waals surface area contributed by atoms with Crippen molar-refractivity contribution in [3.63, 3.8) is 0 Å². The Morgan fingerprint density at radius 3 is 2.76 bits per heavy atom. The zero-order valence-corrected chi connectivity index (χ0v) is 10.9. The number of hydrogen-bond acceptors (Lipinski definition) is 4. The number of anilines is 1. The van der Waals surface area contributed by atoms with Crippen LogP contribution in [0.2, 0.25) is 0 Å². The van der Waals surface area contributed by atoms with E-state index in [1.807, 2.05) is 12.3 Å². The molecule has 4 heteroatoms. The number of thiazole rings is 1. The quantitative estimate of drug-likeness (QED) is 0.831. The molecule has 0 bridgehead atoms. The number of pyridine rings is 1. The number of aromatic nitrogens is 2. The lowest BCUT2D eigenvalue weighted by Crippen LogP contribution is -2.08. The fourth-order valence-corrected chi connectivity index (χ4v) is 2.94. The third kappa shape index (κ3) is 2.05. The Labute approximate surface area is 105 Å². The molecule has 1 aliphatic carbocycles. The molecule has 0 aliphatic heterocycles. The Morgan fingerprint density at radius 1 is 1.35 bits per heavy atom. The molecule has 0 spiro atoms. The first-order valence-corrected chi connectivity index (χ1v) is 6.66. The monoisotopic (exact) mass is 245 g/mol. The second-order valence-corrected chi connectivity index (χ2v) is 5.60. The number of rotatable bonds is 3. The van der Waals surface area contributed by atoms with Gasteiger partial charge in [-0.1, -0.05) is 11.3 Å². The SMILES string of the molecule is CN(C)c1sc(-c2cccnc2)nc1C1CC1. The summed E-state index contributed by atoms with van der Waals surface area (Å²) in [5, 5.41) is 2.38. The molecular weight excluding hydrogens is 230 g/mol. The molecule has 0 amide bonds. The van der Waals surface area contributed by atoms with Gasteiger partial charge in [-0.25, -0.2) is 4.98 Å². The largest absolute Gasteiger partial charge is 0.368 e. The van der Waals surface area contributed by atoms with Gasteiger partial charge < -0.3 is 4.90 Å². The van der Waals surface area contributed by atoms with Gasteiger partial charge in [0.05, 0.1) is 5.69 Å². The highest BCUT2D eigenvalue weighted by Crippen LogP contribution is 2.47. The van der Waals surface area contributed by atoms with E-state index in [0.29, 0.717) is 5.92 Å². The predicted molar refractivity (Wildman–Crippen MR) is 71.6 cm³/mol. The second-order valence-electron chi connectivity index (χ2n) is 4.62. The Kier molecular flexibility index (Phi) is 2.59. The molecule has 2 aromatic rings. The van der Waals surface area contributed by atoms with E-state index in [-0.39, 0.29) is 0 Å². The summed E-state index contributed by atoms with van der Waals surface area (Å²) in [5.74, 6) is 0.689. The molecule has 1 aliphatic rings. The number of nitrogens with zero attached hydrogens (tertiary/aromatic N) is 3. The molecule has 1 fully saturated rings. The van der Waals surface area contributed by atoms with Crippen molar-refractivity contribution in [3.8, 4) is 10.6 Å². The van der Waals surface area contributed by atoms with Crippen molar-refractivity contribution < 1.29 is 0 Å². The standard InChI is InChI=1S/C13H15N3S/c1-16(2)13-11(9-5-6-9)15-12(17-13)10-4-3-7-14-8-10/h3-4,7-9H,5-6H2,1-2H3. The summed E-state index contributed by atoms with van der Waals surface area (Å²) in [6.07, 6.45) is 6.26. The van der Waals surface area contributed by atoms with Crippen LogP contribution in [0.25, 0.3) is 10.6 Å². The average molecular weight is 245 g/mol. The molecule has 0 unspecified atom stereocenters. The van der Waals surface area contributed by atoms with Crippen molar-refractivity contribution in [1.29, 1.82) is 0 Å². The molecule has 0 aromatic carbocycles. The Morgan fingerprint density at radius 2 is 2.18 bits per heavy atom. The van der Waals surface area contributed by atoms with Crippen LogP contribution in [0.4, 0.5) is 5.00 Å². The molecule has 2 aromatic heterocycles. The van der Waals surface area contributed by atoms with Crippen molar-refractivity contribution in [2.24, 2.45) is 0 Å². The summed E-state index contributed by atoms with van der Waals surface area (Å²) in [5.41, 5.74) is 2.39. The molecule has 3 nitrogen and oxygen atoms in total. The molecule has 0 saturated heterocycles. The minimum atomic E-state index is 0.689. The molecule has 88 valence electrons. The van der Waals surface area contributed by atoms with Crippen LogP contribution in [0, 0.1) is 0 Å². The van der Waals surface area contributed by atoms with Crippen LogP contribution >= 0.6 is 11.3 Å². The maximum Gasteiger partial charge on any atom is 0.127 e. The summed E-state index contributed by atoms with van der Waals surface area (Å²) in [7, 11) is 4.18. The van der Waals surface area contributed by atoms with Gasteiger partial charge in [-0.3, -0.25) is 4.98 Å². The van der Waals surface area contributed by atoms with E-state index in [4.69, 9.17) is 4.98 Å². The lowest BCUT2D eigenvalue weighted by molar-refractivity contribution is 1.02. The van der Waals surface area contributed by atoms with E-state index in [9.17, 15) is 0 Å². The van der Waals surface area contributed by atoms with Crippen LogP contribution in [0.1, 0.15) is 24.5 Å². The van der Waals surface area contributed by atoms with Gasteiger partial charge >= 0.3 is 0 Å².